The molecule has 8 heteroatoms. The van der Waals surface area contributed by atoms with Crippen LogP contribution >= 0.6 is 0 Å². The number of nitrogens with one attached hydrogen (secondary N) is 2. The maximum Gasteiger partial charge on any atom is 0.242 e. The monoisotopic (exact) mass is 267 g/mol. The van der Waals surface area contributed by atoms with Gasteiger partial charge in [-0.25, -0.2) is 18.1 Å². The Bertz CT molecular complexity index is 609. The highest BCUT2D eigenvalue weighted by molar-refractivity contribution is 7.89. The molecule has 0 aliphatic carbocycles. The average molecular weight is 267 g/mol. The summed E-state index contributed by atoms with van der Waals surface area (Å²) in [5, 5.41) is 0. The first-order chi connectivity index (χ1) is 8.63. The van der Waals surface area contributed by atoms with Crippen LogP contribution in [-0.4, -0.2) is 23.4 Å². The minimum Gasteiger partial charge on any atom is -0.347 e. The summed E-state index contributed by atoms with van der Waals surface area (Å²) in [6, 6.07) is 3.04. The van der Waals surface area contributed by atoms with Gasteiger partial charge in [0.1, 0.15) is 4.90 Å². The number of hydrogen-bond donors (Lipinski definition) is 3. The fourth-order valence-electron chi connectivity index (χ4n) is 1.45. The molecule has 4 N–H and O–H groups in total. The number of sulfonamides is 1. The summed E-state index contributed by atoms with van der Waals surface area (Å²) in [5.74, 6) is 0. The molecule has 0 saturated heterocycles. The van der Waals surface area contributed by atoms with Crippen molar-refractivity contribution in [2.75, 3.05) is 0 Å². The van der Waals surface area contributed by atoms with Crippen LogP contribution < -0.4 is 10.5 Å². The summed E-state index contributed by atoms with van der Waals surface area (Å²) in [7, 11) is -3.62. The van der Waals surface area contributed by atoms with Crippen molar-refractivity contribution in [2.45, 2.75) is 18.0 Å². The summed E-state index contributed by atoms with van der Waals surface area (Å²) >= 11 is 0. The number of nitrogens with zero attached hydrogens (tertiary/aromatic N) is 2. The van der Waals surface area contributed by atoms with Crippen LogP contribution in [0.15, 0.2) is 35.7 Å². The number of imidazole rings is 1. The lowest BCUT2D eigenvalue weighted by Crippen LogP contribution is -2.25. The molecule has 0 saturated carbocycles. The molecule has 2 rings (SSSR count). The first-order valence-corrected chi connectivity index (χ1v) is 6.72. The zero-order valence-corrected chi connectivity index (χ0v) is 10.3. The van der Waals surface area contributed by atoms with Crippen molar-refractivity contribution in [1.29, 1.82) is 0 Å². The van der Waals surface area contributed by atoms with E-state index < -0.39 is 10.0 Å². The third-order valence-corrected chi connectivity index (χ3v) is 3.81. The van der Waals surface area contributed by atoms with Gasteiger partial charge in [-0.3, -0.25) is 4.98 Å². The number of hydrogen-bond acceptors (Lipinski definition) is 5. The maximum atomic E-state index is 12.1. The zero-order chi connectivity index (χ0) is 13.0. The molecule has 2 aromatic heterocycles. The van der Waals surface area contributed by atoms with Crippen molar-refractivity contribution in [3.05, 3.63) is 42.2 Å². The van der Waals surface area contributed by atoms with Gasteiger partial charge in [-0.05, 0) is 12.1 Å². The van der Waals surface area contributed by atoms with Crippen LogP contribution in [0.2, 0.25) is 0 Å². The summed E-state index contributed by atoms with van der Waals surface area (Å²) in [6.45, 7) is 0.211. The van der Waals surface area contributed by atoms with E-state index in [4.69, 9.17) is 5.73 Å². The Morgan fingerprint density at radius 1 is 1.44 bits per heavy atom. The standard InChI is InChI=1S/C10H13N5O2S/c11-4-9-10(2-1-3-13-9)18(16,17)15-6-8-5-12-7-14-8/h1-3,5,7,15H,4,6,11H2,(H,12,14). The van der Waals surface area contributed by atoms with Crippen LogP contribution in [0.3, 0.4) is 0 Å². The van der Waals surface area contributed by atoms with Crippen molar-refractivity contribution < 1.29 is 8.42 Å². The normalized spacial score (nSPS) is 11.6. The van der Waals surface area contributed by atoms with E-state index >= 15 is 0 Å². The summed E-state index contributed by atoms with van der Waals surface area (Å²) in [6.07, 6.45) is 4.55. The van der Waals surface area contributed by atoms with Crippen LogP contribution in [0.1, 0.15) is 11.4 Å². The summed E-state index contributed by atoms with van der Waals surface area (Å²) in [4.78, 5) is 10.7. The number of aromatic amines is 1. The molecule has 2 aromatic rings. The number of aromatic nitrogens is 3. The number of nitrogens with two attached hydrogens (primary N) is 1. The van der Waals surface area contributed by atoms with Gasteiger partial charge >= 0.3 is 0 Å². The molecule has 0 amide bonds. The molecule has 2 heterocycles. The van der Waals surface area contributed by atoms with Gasteiger partial charge in [-0.15, -0.1) is 0 Å². The van der Waals surface area contributed by atoms with E-state index in [9.17, 15) is 8.42 Å². The Hall–Kier alpha value is -1.77. The van der Waals surface area contributed by atoms with Crippen molar-refractivity contribution in [2.24, 2.45) is 5.73 Å². The third-order valence-electron chi connectivity index (χ3n) is 2.34. The van der Waals surface area contributed by atoms with E-state index in [0.717, 1.165) is 0 Å². The number of pyridine rings is 1. The Labute approximate surface area is 105 Å². The number of H-pyrrole nitrogens is 1. The fourth-order valence-corrected chi connectivity index (χ4v) is 2.66. The minimum atomic E-state index is -3.62. The van der Waals surface area contributed by atoms with Crippen LogP contribution in [0, 0.1) is 0 Å². The van der Waals surface area contributed by atoms with Crippen LogP contribution in [-0.2, 0) is 23.1 Å². The molecule has 7 nitrogen and oxygen atoms in total. The van der Waals surface area contributed by atoms with Gasteiger partial charge in [0.15, 0.2) is 0 Å². The van der Waals surface area contributed by atoms with Crippen molar-refractivity contribution in [1.82, 2.24) is 19.7 Å². The van der Waals surface area contributed by atoms with Gasteiger partial charge in [-0.1, -0.05) is 0 Å². The lowest BCUT2D eigenvalue weighted by atomic mass is 10.3. The molecule has 0 aliphatic rings. The van der Waals surface area contributed by atoms with Gasteiger partial charge in [0.2, 0.25) is 10.0 Å². The lowest BCUT2D eigenvalue weighted by molar-refractivity contribution is 0.578. The molecule has 0 bridgehead atoms. The highest BCUT2D eigenvalue weighted by Gasteiger charge is 2.18. The highest BCUT2D eigenvalue weighted by Crippen LogP contribution is 2.12. The summed E-state index contributed by atoms with van der Waals surface area (Å²) < 4.78 is 26.6. The van der Waals surface area contributed by atoms with E-state index in [1.54, 1.807) is 12.3 Å². The second-order valence-corrected chi connectivity index (χ2v) is 5.29. The lowest BCUT2D eigenvalue weighted by Gasteiger charge is -2.08. The predicted molar refractivity (Wildman–Crippen MR) is 64.7 cm³/mol. The number of rotatable bonds is 5. The van der Waals surface area contributed by atoms with E-state index in [2.05, 4.69) is 19.7 Å². The molecule has 0 aliphatic heterocycles. The van der Waals surface area contributed by atoms with Crippen molar-refractivity contribution in [3.63, 3.8) is 0 Å². The second-order valence-electron chi connectivity index (χ2n) is 3.55. The molecule has 0 fully saturated rings. The Morgan fingerprint density at radius 2 is 2.28 bits per heavy atom. The smallest absolute Gasteiger partial charge is 0.242 e. The first kappa shape index (κ1) is 12.7. The topological polar surface area (TPSA) is 114 Å². The molecule has 0 spiro atoms. The van der Waals surface area contributed by atoms with Gasteiger partial charge in [0, 0.05) is 24.6 Å². The fraction of sp³-hybridized carbons (Fsp3) is 0.200. The van der Waals surface area contributed by atoms with Crippen LogP contribution in [0.4, 0.5) is 0 Å². The predicted octanol–water partition coefficient (Wildman–Crippen LogP) is -0.258. The Morgan fingerprint density at radius 3 is 2.94 bits per heavy atom. The second kappa shape index (κ2) is 5.25. The molecular formula is C10H13N5O2S. The van der Waals surface area contributed by atoms with Gasteiger partial charge in [0.05, 0.1) is 18.6 Å². The van der Waals surface area contributed by atoms with Crippen LogP contribution in [0.5, 0.6) is 0 Å². The van der Waals surface area contributed by atoms with E-state index in [1.165, 1.54) is 18.6 Å². The Kier molecular flexibility index (Phi) is 3.70. The van der Waals surface area contributed by atoms with Crippen molar-refractivity contribution in [3.8, 4) is 0 Å². The van der Waals surface area contributed by atoms with Crippen LogP contribution in [0.25, 0.3) is 0 Å². The quantitative estimate of drug-likeness (QED) is 0.690. The minimum absolute atomic E-state index is 0.0706. The molecule has 0 radical (unpaired) electrons. The first-order valence-electron chi connectivity index (χ1n) is 5.24. The van der Waals surface area contributed by atoms with Gasteiger partial charge < -0.3 is 10.7 Å². The maximum absolute atomic E-state index is 12.1. The molecular weight excluding hydrogens is 254 g/mol. The summed E-state index contributed by atoms with van der Waals surface area (Å²) in [5.41, 5.74) is 6.49. The Balaban J connectivity index is 2.20. The molecule has 96 valence electrons. The molecule has 0 aromatic carbocycles. The van der Waals surface area contributed by atoms with Gasteiger partial charge in [-0.2, -0.15) is 0 Å². The van der Waals surface area contributed by atoms with Gasteiger partial charge in [0.25, 0.3) is 0 Å². The highest BCUT2D eigenvalue weighted by atomic mass is 32.2. The SMILES string of the molecule is NCc1ncccc1S(=O)(=O)NCc1cnc[nH]1. The average Bonchev–Trinajstić information content (AvgIpc) is 2.89. The third kappa shape index (κ3) is 2.73. The van der Waals surface area contributed by atoms with Crippen molar-refractivity contribution >= 4 is 10.0 Å². The largest absolute Gasteiger partial charge is 0.347 e. The van der Waals surface area contributed by atoms with E-state index in [-0.39, 0.29) is 18.0 Å². The molecule has 18 heavy (non-hydrogen) atoms. The van der Waals surface area contributed by atoms with E-state index in [0.29, 0.717) is 11.4 Å². The van der Waals surface area contributed by atoms with E-state index in [1.807, 2.05) is 0 Å². The molecule has 0 unspecified atom stereocenters. The zero-order valence-electron chi connectivity index (χ0n) is 9.50. The molecule has 0 atom stereocenters.